The molecule has 0 bridgehead atoms. The van der Waals surface area contributed by atoms with Crippen LogP contribution in [0.3, 0.4) is 0 Å². The fourth-order valence-electron chi connectivity index (χ4n) is 2.03. The number of anilines is 2. The Morgan fingerprint density at radius 3 is 2.81 bits per heavy atom. The molecule has 0 saturated carbocycles. The van der Waals surface area contributed by atoms with Gasteiger partial charge in [0.25, 0.3) is 0 Å². The summed E-state index contributed by atoms with van der Waals surface area (Å²) >= 11 is 0. The van der Waals surface area contributed by atoms with Crippen molar-refractivity contribution in [2.75, 3.05) is 30.9 Å². The van der Waals surface area contributed by atoms with Gasteiger partial charge in [-0.05, 0) is 13.0 Å². The van der Waals surface area contributed by atoms with Crippen molar-refractivity contribution in [2.24, 2.45) is 0 Å². The Morgan fingerprint density at radius 2 is 2.10 bits per heavy atom. The number of rotatable bonds is 6. The predicted octanol–water partition coefficient (Wildman–Crippen LogP) is 2.69. The van der Waals surface area contributed by atoms with E-state index in [1.165, 1.54) is 6.20 Å². The van der Waals surface area contributed by atoms with E-state index < -0.39 is 5.82 Å². The SMILES string of the molecule is CCNc1ncc(F)c(N(C)Cc2ccccc2OC)n1. The average molecular weight is 290 g/mol. The van der Waals surface area contributed by atoms with E-state index >= 15 is 0 Å². The Hall–Kier alpha value is -2.37. The fourth-order valence-corrected chi connectivity index (χ4v) is 2.03. The Morgan fingerprint density at radius 1 is 1.33 bits per heavy atom. The van der Waals surface area contributed by atoms with Crippen molar-refractivity contribution in [2.45, 2.75) is 13.5 Å². The Bertz CT molecular complexity index is 606. The van der Waals surface area contributed by atoms with E-state index in [0.717, 1.165) is 11.3 Å². The van der Waals surface area contributed by atoms with Crippen molar-refractivity contribution in [3.8, 4) is 5.75 Å². The second kappa shape index (κ2) is 6.88. The minimum absolute atomic E-state index is 0.256. The van der Waals surface area contributed by atoms with E-state index in [1.54, 1.807) is 19.1 Å². The molecule has 0 aliphatic carbocycles. The quantitative estimate of drug-likeness (QED) is 0.886. The second-order valence-corrected chi connectivity index (χ2v) is 4.56. The van der Waals surface area contributed by atoms with Crippen LogP contribution in [0, 0.1) is 5.82 Å². The van der Waals surface area contributed by atoms with Crippen molar-refractivity contribution in [1.82, 2.24) is 9.97 Å². The molecule has 0 saturated heterocycles. The van der Waals surface area contributed by atoms with Crippen LogP contribution in [0.5, 0.6) is 5.75 Å². The van der Waals surface area contributed by atoms with Gasteiger partial charge in [-0.3, -0.25) is 0 Å². The van der Waals surface area contributed by atoms with E-state index in [2.05, 4.69) is 15.3 Å². The van der Waals surface area contributed by atoms with Crippen LogP contribution >= 0.6 is 0 Å². The van der Waals surface area contributed by atoms with Gasteiger partial charge in [0.05, 0.1) is 13.3 Å². The van der Waals surface area contributed by atoms with Crippen LogP contribution in [0.15, 0.2) is 30.5 Å². The van der Waals surface area contributed by atoms with E-state index in [0.29, 0.717) is 19.0 Å². The summed E-state index contributed by atoms with van der Waals surface area (Å²) in [4.78, 5) is 9.84. The fraction of sp³-hybridized carbons (Fsp3) is 0.333. The highest BCUT2D eigenvalue weighted by Crippen LogP contribution is 2.23. The Labute approximate surface area is 123 Å². The lowest BCUT2D eigenvalue weighted by atomic mass is 10.2. The molecule has 0 radical (unpaired) electrons. The molecular weight excluding hydrogens is 271 g/mol. The molecule has 0 unspecified atom stereocenters. The smallest absolute Gasteiger partial charge is 0.224 e. The number of nitrogens with one attached hydrogen (secondary N) is 1. The topological polar surface area (TPSA) is 50.3 Å². The van der Waals surface area contributed by atoms with Crippen molar-refractivity contribution >= 4 is 11.8 Å². The predicted molar refractivity (Wildman–Crippen MR) is 81.3 cm³/mol. The number of benzene rings is 1. The molecule has 0 fully saturated rings. The maximum Gasteiger partial charge on any atom is 0.224 e. The van der Waals surface area contributed by atoms with Gasteiger partial charge in [0.1, 0.15) is 5.75 Å². The number of hydrogen-bond acceptors (Lipinski definition) is 5. The Balaban J connectivity index is 2.23. The first-order valence-corrected chi connectivity index (χ1v) is 6.75. The summed E-state index contributed by atoms with van der Waals surface area (Å²) in [5, 5.41) is 2.98. The number of hydrogen-bond donors (Lipinski definition) is 1. The lowest BCUT2D eigenvalue weighted by molar-refractivity contribution is 0.409. The molecule has 0 aliphatic rings. The van der Waals surface area contributed by atoms with Crippen LogP contribution in [-0.2, 0) is 6.54 Å². The average Bonchev–Trinajstić information content (AvgIpc) is 2.50. The third-order valence-electron chi connectivity index (χ3n) is 3.02. The van der Waals surface area contributed by atoms with Crippen molar-refractivity contribution in [3.63, 3.8) is 0 Å². The van der Waals surface area contributed by atoms with Gasteiger partial charge in [0.15, 0.2) is 11.6 Å². The molecule has 0 atom stereocenters. The minimum atomic E-state index is -0.450. The number of nitrogens with zero attached hydrogens (tertiary/aromatic N) is 3. The lowest BCUT2D eigenvalue weighted by Gasteiger charge is -2.20. The van der Waals surface area contributed by atoms with Crippen LogP contribution in [-0.4, -0.2) is 30.7 Å². The summed E-state index contributed by atoms with van der Waals surface area (Å²) in [6.45, 7) is 3.11. The molecular formula is C15H19FN4O. The highest BCUT2D eigenvalue weighted by molar-refractivity contribution is 5.45. The second-order valence-electron chi connectivity index (χ2n) is 4.56. The largest absolute Gasteiger partial charge is 0.496 e. The van der Waals surface area contributed by atoms with Gasteiger partial charge in [-0.25, -0.2) is 9.37 Å². The summed E-state index contributed by atoms with van der Waals surface area (Å²) in [6.07, 6.45) is 1.18. The van der Waals surface area contributed by atoms with Gasteiger partial charge in [0, 0.05) is 25.7 Å². The van der Waals surface area contributed by atoms with Gasteiger partial charge in [-0.2, -0.15) is 4.98 Å². The molecule has 2 rings (SSSR count). The molecule has 2 aromatic rings. The first-order valence-electron chi connectivity index (χ1n) is 6.75. The standard InChI is InChI=1S/C15H19FN4O/c1-4-17-15-18-9-12(16)14(19-15)20(2)10-11-7-5-6-8-13(11)21-3/h5-9H,4,10H2,1-3H3,(H,17,18,19). The number of aromatic nitrogens is 2. The molecule has 1 N–H and O–H groups in total. The molecule has 6 heteroatoms. The first-order chi connectivity index (χ1) is 10.2. The number of ether oxygens (including phenoxy) is 1. The molecule has 5 nitrogen and oxygen atoms in total. The summed E-state index contributed by atoms with van der Waals surface area (Å²) in [5.41, 5.74) is 0.963. The Kier molecular flexibility index (Phi) is 4.92. The molecule has 0 spiro atoms. The summed E-state index contributed by atoms with van der Waals surface area (Å²) in [5.74, 6) is 0.993. The molecule has 1 aromatic heterocycles. The third kappa shape index (κ3) is 3.59. The summed E-state index contributed by atoms with van der Waals surface area (Å²) in [7, 11) is 3.40. The van der Waals surface area contributed by atoms with E-state index in [1.807, 2.05) is 31.2 Å². The highest BCUT2D eigenvalue weighted by Gasteiger charge is 2.13. The molecule has 0 amide bonds. The summed E-state index contributed by atoms with van der Waals surface area (Å²) < 4.78 is 19.2. The van der Waals surface area contributed by atoms with Crippen molar-refractivity contribution < 1.29 is 9.13 Å². The van der Waals surface area contributed by atoms with Crippen molar-refractivity contribution in [3.05, 3.63) is 41.8 Å². The zero-order chi connectivity index (χ0) is 15.2. The van der Waals surface area contributed by atoms with Crippen LogP contribution in [0.25, 0.3) is 0 Å². The molecule has 1 aromatic carbocycles. The maximum atomic E-state index is 13.9. The van der Waals surface area contributed by atoms with Gasteiger partial charge in [0.2, 0.25) is 5.95 Å². The van der Waals surface area contributed by atoms with Gasteiger partial charge >= 0.3 is 0 Å². The number of para-hydroxylation sites is 1. The van der Waals surface area contributed by atoms with Gasteiger partial charge in [-0.15, -0.1) is 0 Å². The van der Waals surface area contributed by atoms with E-state index in [9.17, 15) is 4.39 Å². The van der Waals surface area contributed by atoms with Crippen LogP contribution in [0.2, 0.25) is 0 Å². The maximum absolute atomic E-state index is 13.9. The van der Waals surface area contributed by atoms with E-state index in [-0.39, 0.29) is 5.82 Å². The lowest BCUT2D eigenvalue weighted by Crippen LogP contribution is -2.20. The number of methoxy groups -OCH3 is 1. The van der Waals surface area contributed by atoms with Crippen LogP contribution < -0.4 is 15.0 Å². The molecule has 1 heterocycles. The third-order valence-corrected chi connectivity index (χ3v) is 3.02. The van der Waals surface area contributed by atoms with Crippen LogP contribution in [0.4, 0.5) is 16.2 Å². The zero-order valence-electron chi connectivity index (χ0n) is 12.4. The summed E-state index contributed by atoms with van der Waals surface area (Å²) in [6, 6.07) is 7.65. The van der Waals surface area contributed by atoms with Gasteiger partial charge < -0.3 is 15.0 Å². The minimum Gasteiger partial charge on any atom is -0.496 e. The molecule has 112 valence electrons. The van der Waals surface area contributed by atoms with E-state index in [4.69, 9.17) is 4.74 Å². The molecule has 21 heavy (non-hydrogen) atoms. The van der Waals surface area contributed by atoms with Gasteiger partial charge in [-0.1, -0.05) is 18.2 Å². The zero-order valence-corrected chi connectivity index (χ0v) is 12.4. The first kappa shape index (κ1) is 15.0. The van der Waals surface area contributed by atoms with Crippen molar-refractivity contribution in [1.29, 1.82) is 0 Å². The van der Waals surface area contributed by atoms with Crippen LogP contribution in [0.1, 0.15) is 12.5 Å². The highest BCUT2D eigenvalue weighted by atomic mass is 19.1. The monoisotopic (exact) mass is 290 g/mol. The normalized spacial score (nSPS) is 10.3. The molecule has 0 aliphatic heterocycles. The number of halogens is 1.